The van der Waals surface area contributed by atoms with Crippen LogP contribution < -0.4 is 0 Å². The monoisotopic (exact) mass is 210 g/mol. The van der Waals surface area contributed by atoms with Crippen LogP contribution in [0.5, 0.6) is 0 Å². The molecule has 0 unspecified atom stereocenters. The van der Waals surface area contributed by atoms with Crippen LogP contribution in [-0.2, 0) is 27.1 Å². The average molecular weight is 210 g/mol. The van der Waals surface area contributed by atoms with E-state index in [0.717, 1.165) is 0 Å². The van der Waals surface area contributed by atoms with E-state index in [9.17, 15) is 0 Å². The van der Waals surface area contributed by atoms with Gasteiger partial charge < -0.3 is 7.58 Å². The second-order valence-electron chi connectivity index (χ2n) is 1.91. The number of hydrogen-bond acceptors (Lipinski definition) is 6. The molecule has 78 valence electrons. The number of rotatable bonds is 10. The molecule has 6 nitrogen and oxygen atoms in total. The van der Waals surface area contributed by atoms with Crippen LogP contribution in [0.3, 0.4) is 0 Å². The Kier molecular flexibility index (Phi) is 12.6. The Labute approximate surface area is 84.2 Å². The zero-order chi connectivity index (χ0) is 9.78. The summed E-state index contributed by atoms with van der Waals surface area (Å²) in [6.45, 7) is 1.82. The fourth-order valence-electron chi connectivity index (χ4n) is 0.529. The van der Waals surface area contributed by atoms with E-state index in [0.29, 0.717) is 26.4 Å². The van der Waals surface area contributed by atoms with Crippen LogP contribution >= 0.6 is 0 Å². The highest BCUT2D eigenvalue weighted by Gasteiger charge is 1.96. The third-order valence-electron chi connectivity index (χ3n) is 1.02. The van der Waals surface area contributed by atoms with Crippen molar-refractivity contribution in [1.82, 2.24) is 0 Å². The van der Waals surface area contributed by atoms with Crippen LogP contribution in [0.2, 0.25) is 0 Å². The fraction of sp³-hybridized carbons (Fsp3) is 1.00. The number of hydrogen-bond donors (Lipinski definition) is 0. The second-order valence-corrected chi connectivity index (χ2v) is 2.96. The summed E-state index contributed by atoms with van der Waals surface area (Å²) in [5.74, 6) is 0. The van der Waals surface area contributed by atoms with Crippen molar-refractivity contribution in [3.8, 4) is 0 Å². The maximum Gasteiger partial charge on any atom is 0.649 e. The fourth-order valence-corrected chi connectivity index (χ4v) is 1.12. The summed E-state index contributed by atoms with van der Waals surface area (Å²) < 4.78 is 10.3. The lowest BCUT2D eigenvalue weighted by Gasteiger charge is -2.03. The minimum Gasteiger partial charge on any atom is -0.479 e. The van der Waals surface area contributed by atoms with Crippen LogP contribution in [0.25, 0.3) is 0 Å². The van der Waals surface area contributed by atoms with Gasteiger partial charge in [-0.3, -0.25) is 0 Å². The zero-order valence-electron chi connectivity index (χ0n) is 7.99. The van der Waals surface area contributed by atoms with Crippen molar-refractivity contribution in [2.45, 2.75) is 0 Å². The summed E-state index contributed by atoms with van der Waals surface area (Å²) >= 11 is -0.916. The van der Waals surface area contributed by atoms with Crippen LogP contribution in [0.1, 0.15) is 0 Å². The van der Waals surface area contributed by atoms with E-state index < -0.39 is 15.9 Å². The summed E-state index contributed by atoms with van der Waals surface area (Å²) in [4.78, 5) is 17.9. The summed E-state index contributed by atoms with van der Waals surface area (Å²) in [6.07, 6.45) is 0. The highest BCUT2D eigenvalue weighted by Crippen LogP contribution is 1.79. The van der Waals surface area contributed by atoms with Gasteiger partial charge in [0.15, 0.2) is 0 Å². The third-order valence-corrected chi connectivity index (χ3v) is 1.94. The maximum absolute atomic E-state index is 5.13. The molecule has 0 N–H and O–H groups in total. The predicted molar refractivity (Wildman–Crippen MR) is 45.0 cm³/mol. The van der Waals surface area contributed by atoms with E-state index in [1.807, 2.05) is 0 Å². The molecule has 0 saturated carbocycles. The minimum absolute atomic E-state index is 0.418. The van der Waals surface area contributed by atoms with Crippen molar-refractivity contribution in [1.29, 1.82) is 0 Å². The van der Waals surface area contributed by atoms with E-state index >= 15 is 0 Å². The smallest absolute Gasteiger partial charge is 0.479 e. The molecule has 7 heteroatoms. The molecular formula is C6H15AlO6. The van der Waals surface area contributed by atoms with Gasteiger partial charge in [0.1, 0.15) is 13.2 Å². The summed E-state index contributed by atoms with van der Waals surface area (Å²) in [6, 6.07) is 0. The lowest BCUT2D eigenvalue weighted by molar-refractivity contribution is -0.276. The van der Waals surface area contributed by atoms with Gasteiger partial charge >= 0.3 is 15.9 Å². The molecule has 0 radical (unpaired) electrons. The molecule has 0 amide bonds. The van der Waals surface area contributed by atoms with Gasteiger partial charge in [-0.2, -0.15) is 0 Å². The Morgan fingerprint density at radius 3 is 1.62 bits per heavy atom. The molecule has 0 aliphatic rings. The highest BCUT2D eigenvalue weighted by atomic mass is 27.2. The Morgan fingerprint density at radius 2 is 1.23 bits per heavy atom. The molecule has 0 saturated heterocycles. The van der Waals surface area contributed by atoms with Gasteiger partial charge in [-0.25, -0.2) is 19.6 Å². The van der Waals surface area contributed by atoms with Crippen LogP contribution in [0, 0.1) is 0 Å². The lowest BCUT2D eigenvalue weighted by Crippen LogP contribution is -2.12. The predicted octanol–water partition coefficient (Wildman–Crippen LogP) is -0.558. The van der Waals surface area contributed by atoms with E-state index in [-0.39, 0.29) is 0 Å². The molecule has 13 heavy (non-hydrogen) atoms. The van der Waals surface area contributed by atoms with Crippen LogP contribution in [0.15, 0.2) is 0 Å². The summed E-state index contributed by atoms with van der Waals surface area (Å²) in [5, 5.41) is 0. The van der Waals surface area contributed by atoms with Gasteiger partial charge in [0.25, 0.3) is 0 Å². The molecule has 0 atom stereocenters. The van der Waals surface area contributed by atoms with Crippen molar-refractivity contribution in [3.63, 3.8) is 0 Å². The van der Waals surface area contributed by atoms with Crippen molar-refractivity contribution in [2.75, 3.05) is 40.6 Å². The SMILES string of the molecule is COOCC[O][AlH][O]CCOOC. The normalized spacial score (nSPS) is 10.3. The van der Waals surface area contributed by atoms with Crippen molar-refractivity contribution in [2.24, 2.45) is 0 Å². The van der Waals surface area contributed by atoms with Crippen molar-refractivity contribution in [3.05, 3.63) is 0 Å². The first-order chi connectivity index (χ1) is 6.41. The lowest BCUT2D eigenvalue weighted by atomic mass is 10.8. The zero-order valence-corrected chi connectivity index (χ0v) is 9.40. The van der Waals surface area contributed by atoms with E-state index in [1.165, 1.54) is 14.2 Å². The molecule has 0 aromatic rings. The Balaban J connectivity index is 2.76. The van der Waals surface area contributed by atoms with E-state index in [1.54, 1.807) is 0 Å². The summed E-state index contributed by atoms with van der Waals surface area (Å²) in [5.41, 5.74) is 0. The summed E-state index contributed by atoms with van der Waals surface area (Å²) in [7, 11) is 2.91. The molecule has 0 aliphatic carbocycles. The first-order valence-electron chi connectivity index (χ1n) is 3.88. The van der Waals surface area contributed by atoms with Crippen LogP contribution in [-0.4, -0.2) is 56.5 Å². The topological polar surface area (TPSA) is 55.4 Å². The van der Waals surface area contributed by atoms with Crippen molar-refractivity contribution < 1.29 is 27.1 Å². The van der Waals surface area contributed by atoms with Gasteiger partial charge in [-0.1, -0.05) is 0 Å². The first-order valence-corrected chi connectivity index (χ1v) is 5.04. The van der Waals surface area contributed by atoms with Gasteiger partial charge in [0.05, 0.1) is 14.2 Å². The quantitative estimate of drug-likeness (QED) is 0.208. The Bertz CT molecular complexity index is 83.2. The van der Waals surface area contributed by atoms with Crippen molar-refractivity contribution >= 4 is 15.9 Å². The van der Waals surface area contributed by atoms with Gasteiger partial charge in [0.2, 0.25) is 0 Å². The van der Waals surface area contributed by atoms with E-state index in [4.69, 9.17) is 7.58 Å². The molecule has 0 fully saturated rings. The molecule has 0 heterocycles. The highest BCUT2D eigenvalue weighted by molar-refractivity contribution is 6.17. The largest absolute Gasteiger partial charge is 0.649 e. The third kappa shape index (κ3) is 12.3. The Morgan fingerprint density at radius 1 is 0.769 bits per heavy atom. The van der Waals surface area contributed by atoms with Crippen LogP contribution in [0.4, 0.5) is 0 Å². The Hall–Kier alpha value is 0.292. The van der Waals surface area contributed by atoms with Gasteiger partial charge in [0, 0.05) is 13.2 Å². The standard InChI is InChI=1S/2C3H7O3.Al.H/c2*1-5-6-3-2-4;;/h2*2-3H2,1H3;;/q2*-1;+2;. The average Bonchev–Trinajstić information content (AvgIpc) is 2.16. The molecule has 0 spiro atoms. The maximum atomic E-state index is 5.13. The van der Waals surface area contributed by atoms with Gasteiger partial charge in [-0.05, 0) is 0 Å². The molecule has 0 bridgehead atoms. The first kappa shape index (κ1) is 13.3. The molecule has 0 aromatic carbocycles. The minimum atomic E-state index is -0.916. The molecule has 0 rings (SSSR count). The molecule has 0 aliphatic heterocycles. The molecular weight excluding hydrogens is 195 g/mol. The second kappa shape index (κ2) is 12.3. The van der Waals surface area contributed by atoms with Gasteiger partial charge in [-0.15, -0.1) is 0 Å². The molecule has 0 aromatic heterocycles. The van der Waals surface area contributed by atoms with E-state index in [2.05, 4.69) is 19.6 Å².